The van der Waals surface area contributed by atoms with E-state index < -0.39 is 0 Å². The molecular weight excluding hydrogens is 306 g/mol. The maximum Gasteiger partial charge on any atom is 0.250 e. The summed E-state index contributed by atoms with van der Waals surface area (Å²) in [4.78, 5) is 18.1. The molecule has 2 heterocycles. The highest BCUT2D eigenvalue weighted by atomic mass is 16.2. The van der Waals surface area contributed by atoms with E-state index in [-0.39, 0.29) is 5.91 Å². The van der Waals surface area contributed by atoms with Crippen LogP contribution in [0, 0.1) is 6.92 Å². The number of likely N-dealkylation sites (N-methyl/N-ethyl adjacent to an activating group) is 1. The summed E-state index contributed by atoms with van der Waals surface area (Å²) >= 11 is 0. The first-order valence-electron chi connectivity index (χ1n) is 8.07. The Kier molecular flexibility index (Phi) is 4.75. The Hall–Kier alpha value is -2.48. The van der Waals surface area contributed by atoms with Gasteiger partial charge in [0.05, 0.1) is 12.2 Å². The monoisotopic (exact) mass is 329 g/mol. The van der Waals surface area contributed by atoms with Crippen molar-refractivity contribution < 1.29 is 4.79 Å². The average molecular weight is 329 g/mol. The quantitative estimate of drug-likeness (QED) is 0.797. The fourth-order valence-corrected chi connectivity index (χ4v) is 2.76. The molecule has 1 aliphatic rings. The lowest BCUT2D eigenvalue weighted by atomic mass is 10.2. The van der Waals surface area contributed by atoms with E-state index in [1.54, 1.807) is 4.68 Å². The minimum atomic E-state index is 0.165. The van der Waals surface area contributed by atoms with E-state index >= 15 is 0 Å². The van der Waals surface area contributed by atoms with Crippen molar-refractivity contribution in [2.24, 2.45) is 0 Å². The van der Waals surface area contributed by atoms with Crippen molar-refractivity contribution in [2.75, 3.05) is 51.7 Å². The number of aryl methyl sites for hydroxylation is 1. The Morgan fingerprint density at radius 1 is 1.12 bits per heavy atom. The Labute approximate surface area is 141 Å². The number of anilines is 1. The summed E-state index contributed by atoms with van der Waals surface area (Å²) in [6.07, 6.45) is 0. The minimum Gasteiger partial charge on any atom is -0.338 e. The van der Waals surface area contributed by atoms with Crippen LogP contribution in [0.15, 0.2) is 24.3 Å². The highest BCUT2D eigenvalue weighted by Gasteiger charge is 2.24. The number of tetrazole rings is 1. The van der Waals surface area contributed by atoms with Gasteiger partial charge >= 0.3 is 0 Å². The smallest absolute Gasteiger partial charge is 0.250 e. The van der Waals surface area contributed by atoms with Crippen LogP contribution in [0.4, 0.5) is 5.95 Å². The molecule has 0 unspecified atom stereocenters. The standard InChI is InChI=1S/C16H23N7O/c1-13-4-6-14(7-5-13)23-16(17-18-19-23)22-10-8-21(9-11-22)15(24)12-20(2)3/h4-7H,8-12H2,1-3H3. The van der Waals surface area contributed by atoms with E-state index in [0.29, 0.717) is 19.6 Å². The van der Waals surface area contributed by atoms with Crippen LogP contribution in [0.1, 0.15) is 5.56 Å². The maximum atomic E-state index is 12.1. The number of hydrogen-bond donors (Lipinski definition) is 0. The average Bonchev–Trinajstić information content (AvgIpc) is 3.04. The molecule has 0 aliphatic carbocycles. The molecule has 0 N–H and O–H groups in total. The molecule has 0 spiro atoms. The van der Waals surface area contributed by atoms with Gasteiger partial charge in [0.25, 0.3) is 0 Å². The zero-order valence-electron chi connectivity index (χ0n) is 14.4. The van der Waals surface area contributed by atoms with Gasteiger partial charge in [-0.2, -0.15) is 4.68 Å². The van der Waals surface area contributed by atoms with E-state index in [9.17, 15) is 4.79 Å². The SMILES string of the molecule is Cc1ccc(-n2nnnc2N2CCN(C(=O)CN(C)C)CC2)cc1. The third kappa shape index (κ3) is 3.53. The molecule has 1 saturated heterocycles. The van der Waals surface area contributed by atoms with Gasteiger partial charge in [-0.05, 0) is 43.6 Å². The number of carbonyl (C=O) groups is 1. The number of aromatic nitrogens is 4. The van der Waals surface area contributed by atoms with Crippen LogP contribution in [0.3, 0.4) is 0 Å². The first-order valence-corrected chi connectivity index (χ1v) is 8.07. The van der Waals surface area contributed by atoms with E-state index in [2.05, 4.69) is 20.4 Å². The largest absolute Gasteiger partial charge is 0.338 e. The van der Waals surface area contributed by atoms with Crippen LogP contribution in [0.2, 0.25) is 0 Å². The van der Waals surface area contributed by atoms with Crippen molar-refractivity contribution in [3.8, 4) is 5.69 Å². The van der Waals surface area contributed by atoms with Crippen LogP contribution >= 0.6 is 0 Å². The number of carbonyl (C=O) groups excluding carboxylic acids is 1. The van der Waals surface area contributed by atoms with E-state index in [4.69, 9.17) is 0 Å². The van der Waals surface area contributed by atoms with Gasteiger partial charge in [0, 0.05) is 26.2 Å². The summed E-state index contributed by atoms with van der Waals surface area (Å²) < 4.78 is 1.75. The fourth-order valence-electron chi connectivity index (χ4n) is 2.76. The van der Waals surface area contributed by atoms with Gasteiger partial charge in [0.15, 0.2) is 0 Å². The molecule has 0 bridgehead atoms. The molecule has 1 aromatic carbocycles. The summed E-state index contributed by atoms with van der Waals surface area (Å²) in [5.74, 6) is 0.885. The molecule has 2 aromatic rings. The van der Waals surface area contributed by atoms with E-state index in [1.807, 2.05) is 55.1 Å². The Morgan fingerprint density at radius 3 is 2.42 bits per heavy atom. The molecule has 3 rings (SSSR count). The number of amides is 1. The van der Waals surface area contributed by atoms with Crippen molar-refractivity contribution in [3.05, 3.63) is 29.8 Å². The second-order valence-electron chi connectivity index (χ2n) is 6.33. The van der Waals surface area contributed by atoms with Crippen LogP contribution in [-0.4, -0.2) is 82.7 Å². The normalized spacial score (nSPS) is 15.2. The van der Waals surface area contributed by atoms with Gasteiger partial charge in [-0.15, -0.1) is 0 Å². The Bertz CT molecular complexity index is 687. The van der Waals surface area contributed by atoms with Crippen LogP contribution in [-0.2, 0) is 4.79 Å². The van der Waals surface area contributed by atoms with Gasteiger partial charge in [0.2, 0.25) is 11.9 Å². The molecule has 1 amide bonds. The lowest BCUT2D eigenvalue weighted by molar-refractivity contribution is -0.132. The number of benzene rings is 1. The fraction of sp³-hybridized carbons (Fsp3) is 0.500. The van der Waals surface area contributed by atoms with E-state index in [1.165, 1.54) is 5.56 Å². The van der Waals surface area contributed by atoms with E-state index in [0.717, 1.165) is 24.7 Å². The minimum absolute atomic E-state index is 0.165. The van der Waals surface area contributed by atoms with Crippen molar-refractivity contribution in [1.82, 2.24) is 30.0 Å². The summed E-state index contributed by atoms with van der Waals surface area (Å²) in [7, 11) is 3.81. The van der Waals surface area contributed by atoms with Crippen LogP contribution in [0.25, 0.3) is 5.69 Å². The molecule has 1 aromatic heterocycles. The molecule has 128 valence electrons. The predicted molar refractivity (Wildman–Crippen MR) is 91.2 cm³/mol. The second kappa shape index (κ2) is 6.96. The van der Waals surface area contributed by atoms with Gasteiger partial charge in [-0.1, -0.05) is 22.8 Å². The topological polar surface area (TPSA) is 70.4 Å². The summed E-state index contributed by atoms with van der Waals surface area (Å²) in [6, 6.07) is 8.09. The van der Waals surface area contributed by atoms with Gasteiger partial charge < -0.3 is 14.7 Å². The number of piperazine rings is 1. The summed E-state index contributed by atoms with van der Waals surface area (Å²) in [5.41, 5.74) is 2.13. The van der Waals surface area contributed by atoms with Crippen molar-refractivity contribution in [3.63, 3.8) is 0 Å². The predicted octanol–water partition coefficient (Wildman–Crippen LogP) is 0.181. The molecular formula is C16H23N7O. The molecule has 0 atom stereocenters. The highest BCUT2D eigenvalue weighted by molar-refractivity contribution is 5.78. The Morgan fingerprint density at radius 2 is 1.79 bits per heavy atom. The zero-order chi connectivity index (χ0) is 17.1. The third-order valence-corrected chi connectivity index (χ3v) is 4.10. The second-order valence-corrected chi connectivity index (χ2v) is 6.33. The summed E-state index contributed by atoms with van der Waals surface area (Å²) in [5, 5.41) is 12.1. The lowest BCUT2D eigenvalue weighted by Crippen LogP contribution is -2.51. The van der Waals surface area contributed by atoms with Gasteiger partial charge in [0.1, 0.15) is 0 Å². The number of rotatable bonds is 4. The first-order chi connectivity index (χ1) is 11.5. The van der Waals surface area contributed by atoms with Gasteiger partial charge in [-0.3, -0.25) is 4.79 Å². The van der Waals surface area contributed by atoms with Gasteiger partial charge in [-0.25, -0.2) is 0 Å². The molecule has 1 fully saturated rings. The van der Waals surface area contributed by atoms with Crippen molar-refractivity contribution in [2.45, 2.75) is 6.92 Å². The highest BCUT2D eigenvalue weighted by Crippen LogP contribution is 2.17. The maximum absolute atomic E-state index is 12.1. The molecule has 24 heavy (non-hydrogen) atoms. The lowest BCUT2D eigenvalue weighted by Gasteiger charge is -2.35. The Balaban J connectivity index is 1.68. The zero-order valence-corrected chi connectivity index (χ0v) is 14.4. The van der Waals surface area contributed by atoms with Crippen LogP contribution < -0.4 is 4.90 Å². The molecule has 0 radical (unpaired) electrons. The number of hydrogen-bond acceptors (Lipinski definition) is 6. The number of nitrogens with zero attached hydrogens (tertiary/aromatic N) is 7. The molecule has 1 aliphatic heterocycles. The molecule has 8 heteroatoms. The first kappa shape index (κ1) is 16.4. The summed E-state index contributed by atoms with van der Waals surface area (Å²) in [6.45, 7) is 5.33. The molecule has 0 saturated carbocycles. The third-order valence-electron chi connectivity index (χ3n) is 4.10. The van der Waals surface area contributed by atoms with Crippen molar-refractivity contribution in [1.29, 1.82) is 0 Å². The van der Waals surface area contributed by atoms with Crippen LogP contribution in [0.5, 0.6) is 0 Å². The molecule has 8 nitrogen and oxygen atoms in total. The van der Waals surface area contributed by atoms with Crippen molar-refractivity contribution >= 4 is 11.9 Å².